The highest BCUT2D eigenvalue weighted by Crippen LogP contribution is 2.33. The number of nitrogens with zero attached hydrogens (tertiary/aromatic N) is 2. The van der Waals surface area contributed by atoms with Crippen LogP contribution in [0, 0.1) is 11.8 Å². The normalized spacial score (nSPS) is 17.9. The van der Waals surface area contributed by atoms with Crippen LogP contribution in [-0.2, 0) is 10.0 Å². The maximum atomic E-state index is 12.8. The van der Waals surface area contributed by atoms with Gasteiger partial charge in [0.05, 0.1) is 5.52 Å². The first-order valence-corrected chi connectivity index (χ1v) is 15.8. The molecule has 2 aromatic carbocycles. The van der Waals surface area contributed by atoms with Gasteiger partial charge in [-0.1, -0.05) is 28.1 Å². The fraction of sp³-hybridized carbons (Fsp3) is 0.481. The zero-order chi connectivity index (χ0) is 29.5. The van der Waals surface area contributed by atoms with Gasteiger partial charge in [0.25, 0.3) is 0 Å². The van der Waals surface area contributed by atoms with Crippen LogP contribution in [0.5, 0.6) is 5.75 Å². The van der Waals surface area contributed by atoms with Crippen molar-refractivity contribution in [1.82, 2.24) is 14.7 Å². The van der Waals surface area contributed by atoms with Crippen LogP contribution in [0.2, 0.25) is 0 Å². The molecule has 0 atom stereocenters. The molecule has 0 radical (unpaired) electrons. The number of para-hydroxylation sites is 1. The van der Waals surface area contributed by atoms with Crippen LogP contribution >= 0.6 is 15.9 Å². The summed E-state index contributed by atoms with van der Waals surface area (Å²) in [6.07, 6.45) is 0.181. The summed E-state index contributed by atoms with van der Waals surface area (Å²) in [5.74, 6) is 0.979. The van der Waals surface area contributed by atoms with E-state index in [1.54, 1.807) is 0 Å². The highest BCUT2D eigenvalue weighted by molar-refractivity contribution is 9.10. The number of hydrogen-bond donors (Lipinski definition) is 4. The number of benzene rings is 2. The Bertz CT molecular complexity index is 1420. The Morgan fingerprint density at radius 2 is 1.68 bits per heavy atom. The minimum absolute atomic E-state index is 0.0738. The smallest absolute Gasteiger partial charge is 0.404 e. The number of anilines is 2. The fourth-order valence-corrected chi connectivity index (χ4v) is 6.42. The van der Waals surface area contributed by atoms with Gasteiger partial charge in [-0.2, -0.15) is 4.98 Å². The maximum Gasteiger partial charge on any atom is 0.573 e. The number of fused-ring (bicyclic) bond motifs is 1. The van der Waals surface area contributed by atoms with Gasteiger partial charge in [-0.25, -0.2) is 18.1 Å². The van der Waals surface area contributed by atoms with Crippen LogP contribution in [0.4, 0.5) is 24.9 Å². The number of rotatable bonds is 13. The molecule has 3 aromatic rings. The summed E-state index contributed by atoms with van der Waals surface area (Å²) in [4.78, 5) is 8.79. The Labute approximate surface area is 246 Å². The molecule has 224 valence electrons. The summed E-state index contributed by atoms with van der Waals surface area (Å²) >= 11 is 3.05. The highest BCUT2D eigenvalue weighted by atomic mass is 79.9. The van der Waals surface area contributed by atoms with Gasteiger partial charge in [0.1, 0.15) is 10.7 Å². The van der Waals surface area contributed by atoms with E-state index in [9.17, 15) is 21.6 Å². The van der Waals surface area contributed by atoms with Crippen LogP contribution in [-0.4, -0.2) is 50.9 Å². The predicted octanol–water partition coefficient (Wildman–Crippen LogP) is 5.64. The van der Waals surface area contributed by atoms with Gasteiger partial charge in [0, 0.05) is 29.5 Å². The third-order valence-electron chi connectivity index (χ3n) is 7.02. The third-order valence-corrected chi connectivity index (χ3v) is 8.98. The highest BCUT2D eigenvalue weighted by Gasteiger charge is 2.34. The van der Waals surface area contributed by atoms with Crippen molar-refractivity contribution in [3.63, 3.8) is 0 Å². The van der Waals surface area contributed by atoms with E-state index in [0.717, 1.165) is 73.9 Å². The minimum Gasteiger partial charge on any atom is -0.404 e. The number of halogens is 4. The molecule has 14 heteroatoms. The molecule has 0 aliphatic heterocycles. The van der Waals surface area contributed by atoms with Crippen molar-refractivity contribution in [3.8, 4) is 5.75 Å². The Kier molecular flexibility index (Phi) is 10.7. The Morgan fingerprint density at radius 3 is 2.39 bits per heavy atom. The monoisotopic (exact) mass is 658 g/mol. The molecule has 1 heterocycles. The molecule has 0 bridgehead atoms. The standard InChI is InChI=1S/C27H34BrF3N6O3S/c28-20-11-12-24(23(15-20)40-27(29,30)31)41(38,39)35-17-19-9-7-18(8-10-19)16-34-26-36-22-6-2-1-5-21(22)25(37-26)33-14-4-3-13-32/h1-2,5-6,11-12,15,18-19,35H,3-4,7-10,13-14,16-17,32H2,(H2,33,34,36,37)/t18-,19-. The van der Waals surface area contributed by atoms with E-state index in [0.29, 0.717) is 25.0 Å². The number of unbranched alkanes of at least 4 members (excludes halogenated alkanes) is 1. The van der Waals surface area contributed by atoms with Crippen LogP contribution in [0.25, 0.3) is 10.9 Å². The number of aromatic nitrogens is 2. The minimum atomic E-state index is -5.02. The zero-order valence-corrected chi connectivity index (χ0v) is 24.8. The quantitative estimate of drug-likeness (QED) is 0.174. The molecule has 1 aliphatic rings. The predicted molar refractivity (Wildman–Crippen MR) is 156 cm³/mol. The largest absolute Gasteiger partial charge is 0.573 e. The van der Waals surface area contributed by atoms with Crippen LogP contribution in [0.15, 0.2) is 51.8 Å². The molecule has 4 rings (SSSR count). The second-order valence-electron chi connectivity index (χ2n) is 10.1. The molecule has 1 aromatic heterocycles. The van der Waals surface area contributed by atoms with E-state index in [4.69, 9.17) is 10.7 Å². The lowest BCUT2D eigenvalue weighted by atomic mass is 9.82. The second-order valence-corrected chi connectivity index (χ2v) is 12.7. The number of hydrogen-bond acceptors (Lipinski definition) is 8. The molecular weight excluding hydrogens is 625 g/mol. The third kappa shape index (κ3) is 9.15. The summed E-state index contributed by atoms with van der Waals surface area (Å²) in [6, 6.07) is 11.3. The molecule has 9 nitrogen and oxygen atoms in total. The maximum absolute atomic E-state index is 12.8. The lowest BCUT2D eigenvalue weighted by Gasteiger charge is -2.28. The van der Waals surface area contributed by atoms with Gasteiger partial charge in [-0.3, -0.25) is 0 Å². The van der Waals surface area contributed by atoms with Crippen molar-refractivity contribution < 1.29 is 26.3 Å². The topological polar surface area (TPSA) is 131 Å². The summed E-state index contributed by atoms with van der Waals surface area (Å²) in [6.45, 7) is 2.23. The Balaban J connectivity index is 1.29. The summed E-state index contributed by atoms with van der Waals surface area (Å²) in [5, 5.41) is 7.71. The first-order chi connectivity index (χ1) is 19.5. The Morgan fingerprint density at radius 1 is 0.976 bits per heavy atom. The van der Waals surface area contributed by atoms with E-state index in [1.165, 1.54) is 6.07 Å². The Hall–Kier alpha value is -2.68. The molecule has 0 spiro atoms. The molecule has 0 amide bonds. The number of ether oxygens (including phenoxy) is 1. The lowest BCUT2D eigenvalue weighted by molar-refractivity contribution is -0.275. The molecule has 5 N–H and O–H groups in total. The van der Waals surface area contributed by atoms with E-state index >= 15 is 0 Å². The number of alkyl halides is 3. The van der Waals surface area contributed by atoms with Crippen LogP contribution < -0.4 is 25.8 Å². The summed E-state index contributed by atoms with van der Waals surface area (Å²) < 4.78 is 70.8. The van der Waals surface area contributed by atoms with Crippen LogP contribution in [0.3, 0.4) is 0 Å². The number of nitrogens with two attached hydrogens (primary N) is 1. The molecule has 1 aliphatic carbocycles. The van der Waals surface area contributed by atoms with Crippen molar-refractivity contribution in [3.05, 3.63) is 46.9 Å². The van der Waals surface area contributed by atoms with Gasteiger partial charge in [0.15, 0.2) is 5.75 Å². The zero-order valence-electron chi connectivity index (χ0n) is 22.4. The van der Waals surface area contributed by atoms with Crippen molar-refractivity contribution in [1.29, 1.82) is 0 Å². The van der Waals surface area contributed by atoms with Crippen LogP contribution in [0.1, 0.15) is 38.5 Å². The second kappa shape index (κ2) is 14.0. The molecular formula is C27H34BrF3N6O3S. The molecule has 1 saturated carbocycles. The van der Waals surface area contributed by atoms with Gasteiger partial charge in [-0.15, -0.1) is 13.2 Å². The average Bonchev–Trinajstić information content (AvgIpc) is 2.92. The first-order valence-electron chi connectivity index (χ1n) is 13.5. The van der Waals surface area contributed by atoms with E-state index in [1.807, 2.05) is 24.3 Å². The fourth-order valence-electron chi connectivity index (χ4n) is 4.86. The van der Waals surface area contributed by atoms with Gasteiger partial charge in [0.2, 0.25) is 16.0 Å². The molecule has 0 saturated heterocycles. The number of nitrogens with one attached hydrogen (secondary N) is 3. The van der Waals surface area contributed by atoms with Gasteiger partial charge < -0.3 is 21.1 Å². The number of sulfonamides is 1. The molecule has 1 fully saturated rings. The van der Waals surface area contributed by atoms with E-state index in [-0.39, 0.29) is 16.9 Å². The lowest BCUT2D eigenvalue weighted by Crippen LogP contribution is -2.33. The molecule has 41 heavy (non-hydrogen) atoms. The van der Waals surface area contributed by atoms with Gasteiger partial charge in [-0.05, 0) is 87.2 Å². The summed E-state index contributed by atoms with van der Waals surface area (Å²) in [5.41, 5.74) is 6.44. The van der Waals surface area contributed by atoms with E-state index < -0.39 is 27.0 Å². The van der Waals surface area contributed by atoms with E-state index in [2.05, 4.69) is 41.0 Å². The average molecular weight is 660 g/mol. The molecule has 0 unspecified atom stereocenters. The van der Waals surface area contributed by atoms with Crippen molar-refractivity contribution >= 4 is 48.6 Å². The van der Waals surface area contributed by atoms with Crippen molar-refractivity contribution in [2.75, 3.05) is 36.8 Å². The van der Waals surface area contributed by atoms with Crippen molar-refractivity contribution in [2.45, 2.75) is 49.8 Å². The van der Waals surface area contributed by atoms with Crippen molar-refractivity contribution in [2.24, 2.45) is 17.6 Å². The summed E-state index contributed by atoms with van der Waals surface area (Å²) in [7, 11) is -4.21. The van der Waals surface area contributed by atoms with Gasteiger partial charge >= 0.3 is 6.36 Å². The SMILES string of the molecule is NCCCCNc1nc(NC[C@H]2CC[C@H](CNS(=O)(=O)c3ccc(Br)cc3OC(F)(F)F)CC2)nc2ccccc12. The first kappa shape index (κ1) is 31.3.